The average Bonchev–Trinajstić information content (AvgIpc) is 2.88. The van der Waals surface area contributed by atoms with Crippen LogP contribution in [0.25, 0.3) is 0 Å². The molecule has 0 aliphatic carbocycles. The highest BCUT2D eigenvalue weighted by Crippen LogP contribution is 2.15. The zero-order chi connectivity index (χ0) is 15.2. The zero-order valence-electron chi connectivity index (χ0n) is 12.8. The summed E-state index contributed by atoms with van der Waals surface area (Å²) in [7, 11) is 0. The monoisotopic (exact) mass is 289 g/mol. The Morgan fingerprint density at radius 1 is 1.19 bits per heavy atom. The molecule has 2 N–H and O–H groups in total. The minimum atomic E-state index is -0.210. The first-order chi connectivity index (χ1) is 10.1. The van der Waals surface area contributed by atoms with E-state index in [-0.39, 0.29) is 11.9 Å². The Morgan fingerprint density at radius 3 is 2.62 bits per heavy atom. The first-order valence-corrected chi connectivity index (χ1v) is 7.66. The van der Waals surface area contributed by atoms with Crippen LogP contribution in [0, 0.1) is 5.82 Å². The summed E-state index contributed by atoms with van der Waals surface area (Å²) in [5.41, 5.74) is 8.10. The molecule has 1 aromatic heterocycles. The Bertz CT molecular complexity index is 561. The van der Waals surface area contributed by atoms with E-state index in [0.29, 0.717) is 18.9 Å². The number of rotatable bonds is 7. The number of halogens is 1. The predicted octanol–water partition coefficient (Wildman–Crippen LogP) is 3.50. The first-order valence-electron chi connectivity index (χ1n) is 7.66. The molecule has 1 unspecified atom stereocenters. The van der Waals surface area contributed by atoms with Crippen LogP contribution in [0.2, 0.25) is 0 Å². The van der Waals surface area contributed by atoms with Crippen LogP contribution >= 0.6 is 0 Å². The Kier molecular flexibility index (Phi) is 5.51. The van der Waals surface area contributed by atoms with Crippen LogP contribution in [0.4, 0.5) is 4.39 Å². The highest BCUT2D eigenvalue weighted by Gasteiger charge is 2.11. The predicted molar refractivity (Wildman–Crippen MR) is 83.6 cm³/mol. The van der Waals surface area contributed by atoms with Crippen molar-refractivity contribution in [1.29, 1.82) is 0 Å². The lowest BCUT2D eigenvalue weighted by Gasteiger charge is -2.13. The molecule has 0 spiro atoms. The van der Waals surface area contributed by atoms with Crippen LogP contribution < -0.4 is 5.73 Å². The Labute approximate surface area is 126 Å². The van der Waals surface area contributed by atoms with Crippen molar-refractivity contribution in [1.82, 2.24) is 9.78 Å². The normalized spacial score (nSPS) is 12.8. The second-order valence-electron chi connectivity index (χ2n) is 5.56. The molecule has 0 aliphatic heterocycles. The molecule has 0 amide bonds. The van der Waals surface area contributed by atoms with E-state index in [2.05, 4.69) is 18.9 Å². The third-order valence-electron chi connectivity index (χ3n) is 3.84. The molecule has 0 saturated carbocycles. The van der Waals surface area contributed by atoms with E-state index in [1.807, 2.05) is 23.0 Å². The van der Waals surface area contributed by atoms with Crippen molar-refractivity contribution in [2.75, 3.05) is 0 Å². The summed E-state index contributed by atoms with van der Waals surface area (Å²) in [6.07, 6.45) is 5.56. The molecule has 2 aromatic rings. The SMILES string of the molecule is CCC(CC)n1ccc(CC(N)Cc2cccc(F)c2)n1. The molecule has 0 aliphatic rings. The number of benzene rings is 1. The fourth-order valence-corrected chi connectivity index (χ4v) is 2.66. The van der Waals surface area contributed by atoms with Gasteiger partial charge in [-0.2, -0.15) is 5.10 Å². The summed E-state index contributed by atoms with van der Waals surface area (Å²) in [4.78, 5) is 0. The van der Waals surface area contributed by atoms with Crippen molar-refractivity contribution < 1.29 is 4.39 Å². The number of nitrogens with two attached hydrogens (primary N) is 1. The van der Waals surface area contributed by atoms with E-state index < -0.39 is 0 Å². The molecular weight excluding hydrogens is 265 g/mol. The van der Waals surface area contributed by atoms with Gasteiger partial charge in [-0.05, 0) is 43.0 Å². The van der Waals surface area contributed by atoms with Gasteiger partial charge in [0.1, 0.15) is 5.82 Å². The van der Waals surface area contributed by atoms with Crippen LogP contribution in [0.3, 0.4) is 0 Å². The largest absolute Gasteiger partial charge is 0.327 e. The van der Waals surface area contributed by atoms with Crippen LogP contribution in [0.15, 0.2) is 36.5 Å². The molecule has 0 bridgehead atoms. The van der Waals surface area contributed by atoms with Gasteiger partial charge >= 0.3 is 0 Å². The van der Waals surface area contributed by atoms with E-state index in [4.69, 9.17) is 5.73 Å². The summed E-state index contributed by atoms with van der Waals surface area (Å²) in [6, 6.07) is 9.07. The lowest BCUT2D eigenvalue weighted by Crippen LogP contribution is -2.26. The van der Waals surface area contributed by atoms with Gasteiger partial charge in [0.2, 0.25) is 0 Å². The lowest BCUT2D eigenvalue weighted by atomic mass is 10.0. The van der Waals surface area contributed by atoms with E-state index in [0.717, 1.165) is 24.1 Å². The standard InChI is InChI=1S/C17H24FN3/c1-3-17(4-2)21-9-8-16(20-21)12-15(19)11-13-6-5-7-14(18)10-13/h5-10,15,17H,3-4,11-12,19H2,1-2H3. The van der Waals surface area contributed by atoms with E-state index in [1.165, 1.54) is 6.07 Å². The maximum atomic E-state index is 13.2. The molecule has 21 heavy (non-hydrogen) atoms. The number of hydrogen-bond donors (Lipinski definition) is 1. The van der Waals surface area contributed by atoms with E-state index >= 15 is 0 Å². The smallest absolute Gasteiger partial charge is 0.123 e. The van der Waals surface area contributed by atoms with Gasteiger partial charge in [0.25, 0.3) is 0 Å². The molecule has 0 radical (unpaired) electrons. The van der Waals surface area contributed by atoms with Crippen molar-refractivity contribution in [2.24, 2.45) is 5.73 Å². The van der Waals surface area contributed by atoms with Crippen LogP contribution in [0.5, 0.6) is 0 Å². The van der Waals surface area contributed by atoms with Crippen molar-refractivity contribution in [2.45, 2.75) is 51.6 Å². The number of nitrogens with zero attached hydrogens (tertiary/aromatic N) is 2. The molecule has 1 aromatic carbocycles. The second kappa shape index (κ2) is 7.36. The van der Waals surface area contributed by atoms with E-state index in [9.17, 15) is 4.39 Å². The molecule has 2 rings (SSSR count). The minimum absolute atomic E-state index is 0.0446. The Balaban J connectivity index is 1.95. The van der Waals surface area contributed by atoms with Gasteiger partial charge in [-0.1, -0.05) is 26.0 Å². The quantitative estimate of drug-likeness (QED) is 0.848. The first kappa shape index (κ1) is 15.7. The van der Waals surface area contributed by atoms with Gasteiger partial charge in [-0.25, -0.2) is 4.39 Å². The fraction of sp³-hybridized carbons (Fsp3) is 0.471. The summed E-state index contributed by atoms with van der Waals surface area (Å²) in [5, 5.41) is 4.61. The van der Waals surface area contributed by atoms with Gasteiger partial charge in [-0.3, -0.25) is 4.68 Å². The van der Waals surface area contributed by atoms with Crippen molar-refractivity contribution in [3.05, 3.63) is 53.6 Å². The van der Waals surface area contributed by atoms with Crippen molar-refractivity contribution in [3.8, 4) is 0 Å². The molecular formula is C17H24FN3. The van der Waals surface area contributed by atoms with Gasteiger partial charge < -0.3 is 5.73 Å². The van der Waals surface area contributed by atoms with Gasteiger partial charge in [-0.15, -0.1) is 0 Å². The molecule has 1 heterocycles. The summed E-state index contributed by atoms with van der Waals surface area (Å²) in [6.45, 7) is 4.34. The molecule has 3 nitrogen and oxygen atoms in total. The Morgan fingerprint density at radius 2 is 1.95 bits per heavy atom. The third kappa shape index (κ3) is 4.39. The molecule has 0 saturated heterocycles. The molecule has 114 valence electrons. The maximum Gasteiger partial charge on any atom is 0.123 e. The average molecular weight is 289 g/mol. The molecule has 1 atom stereocenters. The van der Waals surface area contributed by atoms with Crippen LogP contribution in [-0.2, 0) is 12.8 Å². The maximum absolute atomic E-state index is 13.2. The molecule has 4 heteroatoms. The highest BCUT2D eigenvalue weighted by molar-refractivity contribution is 5.18. The summed E-state index contributed by atoms with van der Waals surface area (Å²) in [5.74, 6) is -0.210. The fourth-order valence-electron chi connectivity index (χ4n) is 2.66. The van der Waals surface area contributed by atoms with Gasteiger partial charge in [0.15, 0.2) is 0 Å². The number of aromatic nitrogens is 2. The van der Waals surface area contributed by atoms with Gasteiger partial charge in [0.05, 0.1) is 11.7 Å². The minimum Gasteiger partial charge on any atom is -0.327 e. The summed E-state index contributed by atoms with van der Waals surface area (Å²) >= 11 is 0. The van der Waals surface area contributed by atoms with Gasteiger partial charge in [0, 0.05) is 18.7 Å². The second-order valence-corrected chi connectivity index (χ2v) is 5.56. The van der Waals surface area contributed by atoms with E-state index in [1.54, 1.807) is 12.1 Å². The van der Waals surface area contributed by atoms with Crippen molar-refractivity contribution >= 4 is 0 Å². The van der Waals surface area contributed by atoms with Crippen LogP contribution in [0.1, 0.15) is 44.0 Å². The molecule has 0 fully saturated rings. The van der Waals surface area contributed by atoms with Crippen LogP contribution in [-0.4, -0.2) is 15.8 Å². The number of hydrogen-bond acceptors (Lipinski definition) is 2. The lowest BCUT2D eigenvalue weighted by molar-refractivity contribution is 0.424. The zero-order valence-corrected chi connectivity index (χ0v) is 12.8. The van der Waals surface area contributed by atoms with Crippen molar-refractivity contribution in [3.63, 3.8) is 0 Å². The topological polar surface area (TPSA) is 43.8 Å². The highest BCUT2D eigenvalue weighted by atomic mass is 19.1. The third-order valence-corrected chi connectivity index (χ3v) is 3.84. The summed E-state index contributed by atoms with van der Waals surface area (Å²) < 4.78 is 15.2. The Hall–Kier alpha value is -1.68.